The van der Waals surface area contributed by atoms with Gasteiger partial charge >= 0.3 is 0 Å². The van der Waals surface area contributed by atoms with E-state index < -0.39 is 0 Å². The Morgan fingerprint density at radius 3 is 2.71 bits per heavy atom. The predicted octanol–water partition coefficient (Wildman–Crippen LogP) is 3.65. The maximum atomic E-state index is 12.1. The van der Waals surface area contributed by atoms with E-state index in [9.17, 15) is 4.79 Å². The average Bonchev–Trinajstić information content (AvgIpc) is 2.54. The number of hydrogen-bond donors (Lipinski definition) is 1. The fraction of sp³-hybridized carbons (Fsp3) is 0.833. The lowest BCUT2D eigenvalue weighted by atomic mass is 9.94. The van der Waals surface area contributed by atoms with E-state index in [4.69, 9.17) is 0 Å². The fourth-order valence-electron chi connectivity index (χ4n) is 3.68. The number of hydrogen-bond acceptors (Lipinski definition) is 2. The van der Waals surface area contributed by atoms with Crippen molar-refractivity contribution in [2.24, 2.45) is 0 Å². The van der Waals surface area contributed by atoms with E-state index >= 15 is 0 Å². The lowest BCUT2D eigenvalue weighted by molar-refractivity contribution is -0.122. The van der Waals surface area contributed by atoms with Crippen molar-refractivity contribution in [3.8, 4) is 0 Å². The van der Waals surface area contributed by atoms with Gasteiger partial charge in [-0.15, -0.1) is 0 Å². The molecular formula is C18H32N2O. The quantitative estimate of drug-likeness (QED) is 0.726. The molecule has 0 atom stereocenters. The van der Waals surface area contributed by atoms with Gasteiger partial charge in [-0.1, -0.05) is 37.8 Å². The van der Waals surface area contributed by atoms with Crippen LogP contribution in [-0.2, 0) is 4.79 Å². The maximum Gasteiger partial charge on any atom is 0.234 e. The third kappa shape index (κ3) is 5.82. The summed E-state index contributed by atoms with van der Waals surface area (Å²) < 4.78 is 0. The van der Waals surface area contributed by atoms with Gasteiger partial charge in [-0.25, -0.2) is 0 Å². The van der Waals surface area contributed by atoms with Crippen LogP contribution < -0.4 is 5.32 Å². The average molecular weight is 292 g/mol. The molecule has 120 valence electrons. The van der Waals surface area contributed by atoms with E-state index in [1.54, 1.807) is 5.57 Å². The molecule has 2 rings (SSSR count). The zero-order valence-corrected chi connectivity index (χ0v) is 13.7. The summed E-state index contributed by atoms with van der Waals surface area (Å²) in [7, 11) is 0. The number of amides is 1. The van der Waals surface area contributed by atoms with Crippen LogP contribution in [0, 0.1) is 0 Å². The summed E-state index contributed by atoms with van der Waals surface area (Å²) in [6.45, 7) is 4.56. The van der Waals surface area contributed by atoms with Gasteiger partial charge in [0.05, 0.1) is 6.54 Å². The normalized spacial score (nSPS) is 20.4. The molecule has 0 aromatic rings. The first-order valence-electron chi connectivity index (χ1n) is 8.98. The molecule has 0 aliphatic heterocycles. The summed E-state index contributed by atoms with van der Waals surface area (Å²) >= 11 is 0. The second kappa shape index (κ2) is 9.24. The van der Waals surface area contributed by atoms with Crippen LogP contribution in [-0.4, -0.2) is 36.5 Å². The number of nitrogens with zero attached hydrogens (tertiary/aromatic N) is 1. The molecular weight excluding hydrogens is 260 g/mol. The first-order chi connectivity index (χ1) is 10.3. The highest BCUT2D eigenvalue weighted by atomic mass is 16.2. The minimum absolute atomic E-state index is 0.207. The van der Waals surface area contributed by atoms with Gasteiger partial charge in [-0.05, 0) is 51.5 Å². The molecule has 1 saturated carbocycles. The van der Waals surface area contributed by atoms with Gasteiger partial charge < -0.3 is 5.32 Å². The van der Waals surface area contributed by atoms with Crippen LogP contribution in [0.5, 0.6) is 0 Å². The van der Waals surface area contributed by atoms with E-state index in [1.807, 2.05) is 0 Å². The molecule has 0 saturated heterocycles. The number of nitrogens with one attached hydrogen (secondary N) is 1. The fourth-order valence-corrected chi connectivity index (χ4v) is 3.68. The number of likely N-dealkylation sites (N-methyl/N-ethyl adjacent to an activating group) is 1. The summed E-state index contributed by atoms with van der Waals surface area (Å²) in [5.74, 6) is 0.207. The summed E-state index contributed by atoms with van der Waals surface area (Å²) in [5.41, 5.74) is 1.54. The smallest absolute Gasteiger partial charge is 0.234 e. The lowest BCUT2D eigenvalue weighted by Gasteiger charge is -2.32. The van der Waals surface area contributed by atoms with E-state index in [-0.39, 0.29) is 5.91 Å². The van der Waals surface area contributed by atoms with E-state index in [1.165, 1.54) is 57.8 Å². The van der Waals surface area contributed by atoms with Crippen molar-refractivity contribution in [2.75, 3.05) is 19.6 Å². The van der Waals surface area contributed by atoms with Crippen LogP contribution >= 0.6 is 0 Å². The van der Waals surface area contributed by atoms with Crippen molar-refractivity contribution < 1.29 is 4.79 Å². The molecule has 0 heterocycles. The number of allylic oxidation sites excluding steroid dienone is 1. The van der Waals surface area contributed by atoms with Crippen molar-refractivity contribution in [1.82, 2.24) is 10.2 Å². The highest BCUT2D eigenvalue weighted by Crippen LogP contribution is 2.22. The Bertz CT molecular complexity index is 345. The van der Waals surface area contributed by atoms with Crippen molar-refractivity contribution in [2.45, 2.75) is 77.2 Å². The molecule has 3 heteroatoms. The van der Waals surface area contributed by atoms with Crippen molar-refractivity contribution >= 4 is 5.91 Å². The van der Waals surface area contributed by atoms with Crippen molar-refractivity contribution in [3.05, 3.63) is 11.6 Å². The number of carbonyl (C=O) groups excluding carboxylic acids is 1. The number of rotatable bonds is 7. The Hall–Kier alpha value is -0.830. The Morgan fingerprint density at radius 2 is 2.05 bits per heavy atom. The molecule has 21 heavy (non-hydrogen) atoms. The summed E-state index contributed by atoms with van der Waals surface area (Å²) in [6.07, 6.45) is 15.1. The van der Waals surface area contributed by atoms with Crippen LogP contribution in [0.1, 0.15) is 71.1 Å². The maximum absolute atomic E-state index is 12.1. The SMILES string of the molecule is CCN(CC(=O)NCCC1=CCCCC1)C1CCCCC1. The Kier molecular flexibility index (Phi) is 7.28. The zero-order chi connectivity index (χ0) is 14.9. The first-order valence-corrected chi connectivity index (χ1v) is 8.98. The van der Waals surface area contributed by atoms with Gasteiger partial charge in [-0.3, -0.25) is 9.69 Å². The van der Waals surface area contributed by atoms with E-state index in [0.717, 1.165) is 19.5 Å². The Morgan fingerprint density at radius 1 is 1.24 bits per heavy atom. The molecule has 0 unspecified atom stereocenters. The van der Waals surface area contributed by atoms with Crippen LogP contribution in [0.4, 0.5) is 0 Å². The minimum Gasteiger partial charge on any atom is -0.355 e. The summed E-state index contributed by atoms with van der Waals surface area (Å²) in [4.78, 5) is 14.5. The van der Waals surface area contributed by atoms with Gasteiger partial charge in [0.15, 0.2) is 0 Å². The third-order valence-electron chi connectivity index (χ3n) is 5.00. The third-order valence-corrected chi connectivity index (χ3v) is 5.00. The largest absolute Gasteiger partial charge is 0.355 e. The molecule has 0 bridgehead atoms. The molecule has 0 spiro atoms. The van der Waals surface area contributed by atoms with Crippen LogP contribution in [0.2, 0.25) is 0 Å². The highest BCUT2D eigenvalue weighted by Gasteiger charge is 2.21. The van der Waals surface area contributed by atoms with Gasteiger partial charge in [0.2, 0.25) is 5.91 Å². The van der Waals surface area contributed by atoms with Crippen LogP contribution in [0.3, 0.4) is 0 Å². The molecule has 0 aromatic carbocycles. The standard InChI is InChI=1S/C18H32N2O/c1-2-20(17-11-7-4-8-12-17)15-18(21)19-14-13-16-9-5-3-6-10-16/h9,17H,2-8,10-15H2,1H3,(H,19,21). The van der Waals surface area contributed by atoms with E-state index in [0.29, 0.717) is 12.6 Å². The molecule has 2 aliphatic rings. The monoisotopic (exact) mass is 292 g/mol. The van der Waals surface area contributed by atoms with Crippen LogP contribution in [0.15, 0.2) is 11.6 Å². The van der Waals surface area contributed by atoms with Gasteiger partial charge in [-0.2, -0.15) is 0 Å². The molecule has 2 aliphatic carbocycles. The summed E-state index contributed by atoms with van der Waals surface area (Å²) in [6, 6.07) is 0.635. The predicted molar refractivity (Wildman–Crippen MR) is 88.3 cm³/mol. The second-order valence-corrected chi connectivity index (χ2v) is 6.56. The Balaban J connectivity index is 1.66. The second-order valence-electron chi connectivity index (χ2n) is 6.56. The number of carbonyl (C=O) groups is 1. The van der Waals surface area contributed by atoms with Crippen molar-refractivity contribution in [3.63, 3.8) is 0 Å². The zero-order valence-electron chi connectivity index (χ0n) is 13.7. The van der Waals surface area contributed by atoms with Crippen LogP contribution in [0.25, 0.3) is 0 Å². The van der Waals surface area contributed by atoms with Crippen molar-refractivity contribution in [1.29, 1.82) is 0 Å². The molecule has 1 N–H and O–H groups in total. The van der Waals surface area contributed by atoms with Gasteiger partial charge in [0, 0.05) is 12.6 Å². The molecule has 0 aromatic heterocycles. The van der Waals surface area contributed by atoms with Gasteiger partial charge in [0.25, 0.3) is 0 Å². The molecule has 1 amide bonds. The Labute approximate surface area is 130 Å². The molecule has 0 radical (unpaired) electrons. The highest BCUT2D eigenvalue weighted by molar-refractivity contribution is 5.78. The minimum atomic E-state index is 0.207. The molecule has 3 nitrogen and oxygen atoms in total. The topological polar surface area (TPSA) is 32.3 Å². The lowest BCUT2D eigenvalue weighted by Crippen LogP contribution is -2.43. The summed E-state index contributed by atoms with van der Waals surface area (Å²) in [5, 5.41) is 3.11. The van der Waals surface area contributed by atoms with E-state index in [2.05, 4.69) is 23.2 Å². The van der Waals surface area contributed by atoms with Gasteiger partial charge in [0.1, 0.15) is 0 Å². The first kappa shape index (κ1) is 16.5. The molecule has 1 fully saturated rings.